The standard InChI is InChI=1S/C20H18FN3O3/c1-27-13-3-5-16-12(8-13)9-15(19(25)23-16)20(26)24-17-4-2-11-10-22-7-6-14(11)18(17)21/h2-5,8-9,22H,6-7,10H2,1H3,(H,23,25)(H,24,26). The first-order valence-electron chi connectivity index (χ1n) is 8.60. The molecule has 0 fully saturated rings. The number of nitrogens with one attached hydrogen (secondary N) is 3. The molecule has 0 saturated heterocycles. The summed E-state index contributed by atoms with van der Waals surface area (Å²) >= 11 is 0. The highest BCUT2D eigenvalue weighted by Gasteiger charge is 2.19. The van der Waals surface area contributed by atoms with Crippen LogP contribution in [0.3, 0.4) is 0 Å². The lowest BCUT2D eigenvalue weighted by molar-refractivity contribution is 0.102. The van der Waals surface area contributed by atoms with E-state index >= 15 is 0 Å². The van der Waals surface area contributed by atoms with Crippen LogP contribution in [0.1, 0.15) is 21.5 Å². The molecular weight excluding hydrogens is 349 g/mol. The van der Waals surface area contributed by atoms with E-state index in [0.717, 1.165) is 5.56 Å². The summed E-state index contributed by atoms with van der Waals surface area (Å²) < 4.78 is 19.9. The molecule has 0 saturated carbocycles. The van der Waals surface area contributed by atoms with E-state index in [-0.39, 0.29) is 11.3 Å². The molecule has 1 aromatic heterocycles. The van der Waals surface area contributed by atoms with E-state index in [4.69, 9.17) is 4.74 Å². The number of hydrogen-bond donors (Lipinski definition) is 3. The van der Waals surface area contributed by atoms with Crippen molar-refractivity contribution in [2.75, 3.05) is 19.0 Å². The monoisotopic (exact) mass is 367 g/mol. The maximum atomic E-state index is 14.7. The van der Waals surface area contributed by atoms with Gasteiger partial charge in [0.15, 0.2) is 0 Å². The summed E-state index contributed by atoms with van der Waals surface area (Å²) in [5.41, 5.74) is 1.52. The molecule has 138 valence electrons. The van der Waals surface area contributed by atoms with Crippen LogP contribution in [0.15, 0.2) is 41.2 Å². The van der Waals surface area contributed by atoms with Gasteiger partial charge in [0.1, 0.15) is 17.1 Å². The Morgan fingerprint density at radius 3 is 2.89 bits per heavy atom. The lowest BCUT2D eigenvalue weighted by Crippen LogP contribution is -2.26. The van der Waals surface area contributed by atoms with Crippen molar-refractivity contribution in [3.05, 3.63) is 69.3 Å². The van der Waals surface area contributed by atoms with Gasteiger partial charge >= 0.3 is 0 Å². The van der Waals surface area contributed by atoms with Crippen LogP contribution in [0, 0.1) is 5.82 Å². The van der Waals surface area contributed by atoms with E-state index in [1.165, 1.54) is 19.2 Å². The highest BCUT2D eigenvalue weighted by molar-refractivity contribution is 6.05. The first-order valence-corrected chi connectivity index (χ1v) is 8.60. The maximum absolute atomic E-state index is 14.7. The Labute approximate surface area is 154 Å². The number of halogens is 1. The summed E-state index contributed by atoms with van der Waals surface area (Å²) in [6.45, 7) is 1.29. The molecule has 4 rings (SSSR count). The van der Waals surface area contributed by atoms with Crippen molar-refractivity contribution in [3.8, 4) is 5.75 Å². The fourth-order valence-corrected chi connectivity index (χ4v) is 3.30. The van der Waals surface area contributed by atoms with Gasteiger partial charge in [-0.15, -0.1) is 0 Å². The number of fused-ring (bicyclic) bond motifs is 2. The molecular formula is C20H18FN3O3. The van der Waals surface area contributed by atoms with Gasteiger partial charge in [-0.1, -0.05) is 6.07 Å². The van der Waals surface area contributed by atoms with Crippen LogP contribution in [0.2, 0.25) is 0 Å². The number of carbonyl (C=O) groups is 1. The fourth-order valence-electron chi connectivity index (χ4n) is 3.30. The summed E-state index contributed by atoms with van der Waals surface area (Å²) in [5.74, 6) is -0.495. The van der Waals surface area contributed by atoms with Crippen molar-refractivity contribution in [3.63, 3.8) is 0 Å². The number of pyridine rings is 1. The Balaban J connectivity index is 1.69. The Morgan fingerprint density at radius 2 is 2.07 bits per heavy atom. The molecule has 0 unspecified atom stereocenters. The molecule has 0 aliphatic carbocycles. The molecule has 2 heterocycles. The second-order valence-corrected chi connectivity index (χ2v) is 6.41. The zero-order valence-corrected chi connectivity index (χ0v) is 14.7. The second-order valence-electron chi connectivity index (χ2n) is 6.41. The molecule has 1 amide bonds. The minimum Gasteiger partial charge on any atom is -0.497 e. The van der Waals surface area contributed by atoms with E-state index in [1.807, 2.05) is 0 Å². The van der Waals surface area contributed by atoms with Crippen LogP contribution in [0.25, 0.3) is 10.9 Å². The molecule has 0 spiro atoms. The van der Waals surface area contributed by atoms with Crippen molar-refractivity contribution in [2.24, 2.45) is 0 Å². The number of hydrogen-bond acceptors (Lipinski definition) is 4. The van der Waals surface area contributed by atoms with Gasteiger partial charge in [0.2, 0.25) is 0 Å². The molecule has 0 radical (unpaired) electrons. The number of aromatic nitrogens is 1. The predicted octanol–water partition coefficient (Wildman–Crippen LogP) is 2.57. The third kappa shape index (κ3) is 3.17. The molecule has 1 aliphatic rings. The van der Waals surface area contributed by atoms with Gasteiger partial charge in [-0.05, 0) is 54.4 Å². The van der Waals surface area contributed by atoms with E-state index in [1.54, 1.807) is 24.3 Å². The summed E-state index contributed by atoms with van der Waals surface area (Å²) in [6, 6.07) is 9.93. The van der Waals surface area contributed by atoms with Gasteiger partial charge in [-0.3, -0.25) is 9.59 Å². The fraction of sp³-hybridized carbons (Fsp3) is 0.200. The number of H-pyrrole nitrogens is 1. The van der Waals surface area contributed by atoms with Gasteiger partial charge in [0.25, 0.3) is 11.5 Å². The molecule has 3 N–H and O–H groups in total. The van der Waals surface area contributed by atoms with Crippen molar-refractivity contribution in [2.45, 2.75) is 13.0 Å². The SMILES string of the molecule is COc1ccc2[nH]c(=O)c(C(=O)Nc3ccc4c(c3F)CCNC4)cc2c1. The van der Waals surface area contributed by atoms with Crippen LogP contribution in [-0.2, 0) is 13.0 Å². The zero-order chi connectivity index (χ0) is 19.0. The maximum Gasteiger partial charge on any atom is 0.261 e. The van der Waals surface area contributed by atoms with Crippen LogP contribution < -0.4 is 20.9 Å². The highest BCUT2D eigenvalue weighted by atomic mass is 19.1. The third-order valence-electron chi connectivity index (χ3n) is 4.75. The smallest absolute Gasteiger partial charge is 0.261 e. The molecule has 0 bridgehead atoms. The first kappa shape index (κ1) is 17.2. The number of rotatable bonds is 3. The number of amides is 1. The van der Waals surface area contributed by atoms with E-state index in [9.17, 15) is 14.0 Å². The molecule has 1 aliphatic heterocycles. The van der Waals surface area contributed by atoms with Gasteiger partial charge < -0.3 is 20.4 Å². The van der Waals surface area contributed by atoms with Crippen LogP contribution in [0.4, 0.5) is 10.1 Å². The minimum absolute atomic E-state index is 0.0748. The topological polar surface area (TPSA) is 83.2 Å². The van der Waals surface area contributed by atoms with E-state index in [0.29, 0.717) is 41.7 Å². The normalized spacial score (nSPS) is 13.3. The number of anilines is 1. The number of benzene rings is 2. The third-order valence-corrected chi connectivity index (χ3v) is 4.75. The average Bonchev–Trinajstić information content (AvgIpc) is 2.69. The summed E-state index contributed by atoms with van der Waals surface area (Å²) in [4.78, 5) is 27.6. The van der Waals surface area contributed by atoms with Crippen LogP contribution in [-0.4, -0.2) is 24.5 Å². The molecule has 3 aromatic rings. The van der Waals surface area contributed by atoms with Gasteiger partial charge in [-0.25, -0.2) is 4.39 Å². The van der Waals surface area contributed by atoms with Crippen molar-refractivity contribution in [1.29, 1.82) is 0 Å². The van der Waals surface area contributed by atoms with Crippen LogP contribution >= 0.6 is 0 Å². The number of methoxy groups -OCH3 is 1. The second kappa shape index (κ2) is 6.85. The van der Waals surface area contributed by atoms with Crippen molar-refractivity contribution in [1.82, 2.24) is 10.3 Å². The minimum atomic E-state index is -0.659. The summed E-state index contributed by atoms with van der Waals surface area (Å²) in [6.07, 6.45) is 0.557. The van der Waals surface area contributed by atoms with Gasteiger partial charge in [-0.2, -0.15) is 0 Å². The lowest BCUT2D eigenvalue weighted by atomic mass is 9.99. The Kier molecular flexibility index (Phi) is 4.37. The van der Waals surface area contributed by atoms with E-state index in [2.05, 4.69) is 15.6 Å². The Bertz CT molecular complexity index is 1110. The highest BCUT2D eigenvalue weighted by Crippen LogP contribution is 2.25. The summed E-state index contributed by atoms with van der Waals surface area (Å²) in [5, 5.41) is 6.35. The Morgan fingerprint density at radius 1 is 1.22 bits per heavy atom. The van der Waals surface area contributed by atoms with E-state index < -0.39 is 17.3 Å². The lowest BCUT2D eigenvalue weighted by Gasteiger charge is -2.19. The van der Waals surface area contributed by atoms with Crippen molar-refractivity contribution < 1.29 is 13.9 Å². The quantitative estimate of drug-likeness (QED) is 0.664. The Hall–Kier alpha value is -3.19. The molecule has 2 aromatic carbocycles. The number of ether oxygens (including phenoxy) is 1. The summed E-state index contributed by atoms with van der Waals surface area (Å²) in [7, 11) is 1.54. The zero-order valence-electron chi connectivity index (χ0n) is 14.7. The first-order chi connectivity index (χ1) is 13.1. The average molecular weight is 367 g/mol. The van der Waals surface area contributed by atoms with Crippen LogP contribution in [0.5, 0.6) is 5.75 Å². The molecule has 27 heavy (non-hydrogen) atoms. The molecule has 0 atom stereocenters. The van der Waals surface area contributed by atoms with Crippen molar-refractivity contribution >= 4 is 22.5 Å². The number of aromatic amines is 1. The van der Waals surface area contributed by atoms with Gasteiger partial charge in [0, 0.05) is 17.4 Å². The van der Waals surface area contributed by atoms with Gasteiger partial charge in [0.05, 0.1) is 12.8 Å². The molecule has 6 nitrogen and oxygen atoms in total. The predicted molar refractivity (Wildman–Crippen MR) is 101 cm³/mol. The largest absolute Gasteiger partial charge is 0.497 e. The number of carbonyl (C=O) groups excluding carboxylic acids is 1. The molecule has 7 heteroatoms.